The lowest BCUT2D eigenvalue weighted by molar-refractivity contribution is 0.102. The van der Waals surface area contributed by atoms with Crippen LogP contribution in [0.4, 0.5) is 11.4 Å². The van der Waals surface area contributed by atoms with Gasteiger partial charge in [0.05, 0.1) is 29.2 Å². The lowest BCUT2D eigenvalue weighted by Crippen LogP contribution is -2.32. The highest BCUT2D eigenvalue weighted by Gasteiger charge is 2.31. The van der Waals surface area contributed by atoms with Gasteiger partial charge < -0.3 is 10.1 Å². The molecule has 0 radical (unpaired) electrons. The van der Waals surface area contributed by atoms with E-state index in [9.17, 15) is 18.0 Å². The van der Waals surface area contributed by atoms with Crippen molar-refractivity contribution in [3.8, 4) is 11.4 Å². The molecular weight excluding hydrogens is 528 g/mol. The average molecular weight is 555 g/mol. The molecule has 38 heavy (non-hydrogen) atoms. The van der Waals surface area contributed by atoms with Crippen LogP contribution in [0.15, 0.2) is 76.4 Å². The van der Waals surface area contributed by atoms with Crippen LogP contribution in [-0.2, 0) is 17.1 Å². The van der Waals surface area contributed by atoms with Crippen LogP contribution >= 0.6 is 11.6 Å². The molecule has 0 bridgehead atoms. The Morgan fingerprint density at radius 3 is 2.37 bits per heavy atom. The first-order chi connectivity index (χ1) is 18.0. The maximum absolute atomic E-state index is 13.7. The highest BCUT2D eigenvalue weighted by molar-refractivity contribution is 7.93. The van der Waals surface area contributed by atoms with Crippen molar-refractivity contribution in [3.05, 3.63) is 98.9 Å². The van der Waals surface area contributed by atoms with E-state index in [1.807, 2.05) is 19.1 Å². The monoisotopic (exact) mass is 554 g/mol. The van der Waals surface area contributed by atoms with E-state index in [4.69, 9.17) is 16.3 Å². The second-order valence-electron chi connectivity index (χ2n) is 8.69. The predicted octanol–water partition coefficient (Wildman–Crippen LogP) is 4.53. The van der Waals surface area contributed by atoms with Gasteiger partial charge in [-0.15, -0.1) is 0 Å². The topological polar surface area (TPSA) is 103 Å². The number of para-hydroxylation sites is 1. The molecule has 4 rings (SSSR count). The third-order valence-corrected chi connectivity index (χ3v) is 8.51. The van der Waals surface area contributed by atoms with Gasteiger partial charge in [0.2, 0.25) is 0 Å². The molecular formula is C27H27ClN4O5S. The Labute approximate surface area is 225 Å². The Morgan fingerprint density at radius 2 is 1.71 bits per heavy atom. The van der Waals surface area contributed by atoms with Crippen molar-refractivity contribution in [1.29, 1.82) is 0 Å². The van der Waals surface area contributed by atoms with E-state index >= 15 is 0 Å². The molecule has 4 aromatic rings. The number of sulfonamides is 1. The summed E-state index contributed by atoms with van der Waals surface area (Å²) in [4.78, 5) is 26.2. The van der Waals surface area contributed by atoms with Gasteiger partial charge in [-0.3, -0.25) is 18.6 Å². The molecule has 0 aliphatic rings. The normalized spacial score (nSPS) is 11.3. The standard InChI is InChI=1S/C27H27ClN4O5S/c1-17-11-14-23(37-5)22(15-17)29-26(33)19-12-13-21(28)24(16-19)38(35,36)31(4)25-18(2)30(3)32(27(25)34)20-9-7-6-8-10-20/h6-16H,1-5H3,(H,29,33). The summed E-state index contributed by atoms with van der Waals surface area (Å²) in [7, 11) is 0.113. The lowest BCUT2D eigenvalue weighted by atomic mass is 10.1. The van der Waals surface area contributed by atoms with E-state index in [-0.39, 0.29) is 21.2 Å². The molecule has 0 fully saturated rings. The number of anilines is 2. The second-order valence-corrected chi connectivity index (χ2v) is 11.0. The zero-order chi connectivity index (χ0) is 27.8. The van der Waals surface area contributed by atoms with Gasteiger partial charge in [0.25, 0.3) is 21.5 Å². The van der Waals surface area contributed by atoms with Crippen molar-refractivity contribution in [3.63, 3.8) is 0 Å². The highest BCUT2D eigenvalue weighted by Crippen LogP contribution is 2.30. The number of carbonyl (C=O) groups is 1. The Morgan fingerprint density at radius 1 is 1.03 bits per heavy atom. The first kappa shape index (κ1) is 27.0. The molecule has 0 unspecified atom stereocenters. The van der Waals surface area contributed by atoms with Crippen LogP contribution in [0, 0.1) is 13.8 Å². The fourth-order valence-electron chi connectivity index (χ4n) is 4.14. The van der Waals surface area contributed by atoms with Crippen LogP contribution in [0.25, 0.3) is 5.69 Å². The molecule has 0 spiro atoms. The van der Waals surface area contributed by atoms with Gasteiger partial charge in [-0.2, -0.15) is 0 Å². The summed E-state index contributed by atoms with van der Waals surface area (Å²) in [6.45, 7) is 3.53. The SMILES string of the molecule is COc1ccc(C)cc1NC(=O)c1ccc(Cl)c(S(=O)(=O)N(C)c2c(C)n(C)n(-c3ccccc3)c2=O)c1. The van der Waals surface area contributed by atoms with Gasteiger partial charge in [0.1, 0.15) is 16.3 Å². The number of carbonyl (C=O) groups excluding carboxylic acids is 1. The van der Waals surface area contributed by atoms with Crippen LogP contribution < -0.4 is 19.9 Å². The first-order valence-corrected chi connectivity index (χ1v) is 13.4. The minimum absolute atomic E-state index is 0.0354. The Balaban J connectivity index is 1.74. The van der Waals surface area contributed by atoms with Crippen molar-refractivity contribution >= 4 is 38.9 Å². The molecule has 1 N–H and O–H groups in total. The van der Waals surface area contributed by atoms with Gasteiger partial charge in [-0.05, 0) is 61.9 Å². The number of methoxy groups -OCH3 is 1. The van der Waals surface area contributed by atoms with Crippen LogP contribution in [0.2, 0.25) is 5.02 Å². The van der Waals surface area contributed by atoms with Gasteiger partial charge in [0.15, 0.2) is 0 Å². The van der Waals surface area contributed by atoms with Gasteiger partial charge >= 0.3 is 0 Å². The van der Waals surface area contributed by atoms with E-state index in [0.717, 1.165) is 9.87 Å². The summed E-state index contributed by atoms with van der Waals surface area (Å²) in [6, 6.07) is 18.2. The van der Waals surface area contributed by atoms with E-state index < -0.39 is 21.5 Å². The number of aromatic nitrogens is 2. The molecule has 1 amide bonds. The first-order valence-electron chi connectivity index (χ1n) is 11.6. The molecule has 198 valence electrons. The highest BCUT2D eigenvalue weighted by atomic mass is 35.5. The minimum atomic E-state index is -4.33. The van der Waals surface area contributed by atoms with Gasteiger partial charge in [-0.25, -0.2) is 13.1 Å². The van der Waals surface area contributed by atoms with Crippen LogP contribution in [0.5, 0.6) is 5.75 Å². The molecule has 0 atom stereocenters. The van der Waals surface area contributed by atoms with E-state index in [0.29, 0.717) is 22.8 Å². The summed E-state index contributed by atoms with van der Waals surface area (Å²) in [5.41, 5.74) is 1.88. The predicted molar refractivity (Wildman–Crippen MR) is 148 cm³/mol. The summed E-state index contributed by atoms with van der Waals surface area (Å²) in [5.74, 6) is -0.0910. The van der Waals surface area contributed by atoms with Gasteiger partial charge in [-0.1, -0.05) is 35.9 Å². The van der Waals surface area contributed by atoms with Crippen molar-refractivity contribution in [2.24, 2.45) is 7.05 Å². The molecule has 9 nitrogen and oxygen atoms in total. The van der Waals surface area contributed by atoms with Crippen molar-refractivity contribution in [1.82, 2.24) is 9.36 Å². The van der Waals surface area contributed by atoms with Crippen molar-refractivity contribution in [2.45, 2.75) is 18.7 Å². The van der Waals surface area contributed by atoms with Crippen LogP contribution in [0.3, 0.4) is 0 Å². The van der Waals surface area contributed by atoms with Crippen molar-refractivity contribution in [2.75, 3.05) is 23.8 Å². The Kier molecular flexibility index (Phi) is 7.39. The number of benzene rings is 3. The third-order valence-electron chi connectivity index (χ3n) is 6.27. The Hall–Kier alpha value is -4.02. The fourth-order valence-corrected chi connectivity index (χ4v) is 5.89. The molecule has 0 saturated heterocycles. The molecule has 1 heterocycles. The van der Waals surface area contributed by atoms with E-state index in [2.05, 4.69) is 5.32 Å². The number of ether oxygens (including phenoxy) is 1. The number of hydrogen-bond donors (Lipinski definition) is 1. The number of nitrogens with one attached hydrogen (secondary N) is 1. The Bertz CT molecular complexity index is 1690. The molecule has 0 saturated carbocycles. The zero-order valence-electron chi connectivity index (χ0n) is 21.5. The minimum Gasteiger partial charge on any atom is -0.495 e. The number of hydrogen-bond acceptors (Lipinski definition) is 5. The van der Waals surface area contributed by atoms with E-state index in [1.165, 1.54) is 37.0 Å². The number of rotatable bonds is 7. The van der Waals surface area contributed by atoms with Gasteiger partial charge in [0, 0.05) is 19.7 Å². The number of aryl methyl sites for hydroxylation is 1. The molecule has 0 aliphatic carbocycles. The smallest absolute Gasteiger partial charge is 0.296 e. The maximum atomic E-state index is 13.7. The molecule has 1 aromatic heterocycles. The summed E-state index contributed by atoms with van der Waals surface area (Å²) >= 11 is 6.31. The van der Waals surface area contributed by atoms with Crippen LogP contribution in [0.1, 0.15) is 21.6 Å². The molecule has 11 heteroatoms. The summed E-state index contributed by atoms with van der Waals surface area (Å²) < 4.78 is 36.6. The third kappa shape index (κ3) is 4.80. The number of nitrogens with zero attached hydrogens (tertiary/aromatic N) is 3. The summed E-state index contributed by atoms with van der Waals surface area (Å²) in [5, 5.41) is 2.67. The molecule has 0 aliphatic heterocycles. The lowest BCUT2D eigenvalue weighted by Gasteiger charge is -2.19. The second kappa shape index (κ2) is 10.4. The quantitative estimate of drug-likeness (QED) is 0.361. The largest absolute Gasteiger partial charge is 0.495 e. The van der Waals surface area contributed by atoms with E-state index in [1.54, 1.807) is 55.1 Å². The number of halogens is 1. The summed E-state index contributed by atoms with van der Waals surface area (Å²) in [6.07, 6.45) is 0. The number of amides is 1. The van der Waals surface area contributed by atoms with Crippen molar-refractivity contribution < 1.29 is 17.9 Å². The molecule has 3 aromatic carbocycles. The average Bonchev–Trinajstić information content (AvgIpc) is 3.11. The zero-order valence-corrected chi connectivity index (χ0v) is 23.1. The maximum Gasteiger partial charge on any atom is 0.296 e. The van der Waals surface area contributed by atoms with Crippen LogP contribution in [-0.4, -0.2) is 37.8 Å². The fraction of sp³-hybridized carbons (Fsp3) is 0.185.